The van der Waals surface area contributed by atoms with Gasteiger partial charge < -0.3 is 4.90 Å². The van der Waals surface area contributed by atoms with Gasteiger partial charge in [-0.3, -0.25) is 0 Å². The van der Waals surface area contributed by atoms with E-state index in [0.29, 0.717) is 5.92 Å². The molecule has 0 atom stereocenters. The van der Waals surface area contributed by atoms with Gasteiger partial charge in [0, 0.05) is 18.8 Å². The molecule has 0 aromatic heterocycles. The second kappa shape index (κ2) is 4.26. The van der Waals surface area contributed by atoms with E-state index in [2.05, 4.69) is 43.9 Å². The first-order chi connectivity index (χ1) is 7.22. The molecular weight excluding hydrogens is 182 g/mol. The van der Waals surface area contributed by atoms with Crippen molar-refractivity contribution in [2.45, 2.75) is 39.5 Å². The summed E-state index contributed by atoms with van der Waals surface area (Å²) in [5.74, 6) is 0.635. The molecule has 0 amide bonds. The summed E-state index contributed by atoms with van der Waals surface area (Å²) in [7, 11) is 0. The van der Waals surface area contributed by atoms with Crippen LogP contribution in [0.3, 0.4) is 0 Å². The Morgan fingerprint density at radius 2 is 2.13 bits per heavy atom. The lowest BCUT2D eigenvalue weighted by Gasteiger charge is -2.31. The first kappa shape index (κ1) is 10.5. The highest BCUT2D eigenvalue weighted by Crippen LogP contribution is 2.30. The largest absolute Gasteiger partial charge is 0.372 e. The van der Waals surface area contributed by atoms with Crippen molar-refractivity contribution in [3.8, 4) is 0 Å². The zero-order valence-electron chi connectivity index (χ0n) is 10.1. The van der Waals surface area contributed by atoms with Crippen LogP contribution < -0.4 is 4.90 Å². The van der Waals surface area contributed by atoms with E-state index >= 15 is 0 Å². The first-order valence-electron chi connectivity index (χ1n) is 6.10. The summed E-state index contributed by atoms with van der Waals surface area (Å²) < 4.78 is 0. The molecule has 0 unspecified atom stereocenters. The van der Waals surface area contributed by atoms with E-state index in [9.17, 15) is 0 Å². The molecule has 1 aliphatic heterocycles. The van der Waals surface area contributed by atoms with Crippen LogP contribution in [0.2, 0.25) is 0 Å². The minimum absolute atomic E-state index is 0.635. The van der Waals surface area contributed by atoms with E-state index in [4.69, 9.17) is 0 Å². The van der Waals surface area contributed by atoms with Crippen molar-refractivity contribution in [1.82, 2.24) is 0 Å². The van der Waals surface area contributed by atoms with E-state index in [0.717, 1.165) is 6.54 Å². The van der Waals surface area contributed by atoms with Crippen LogP contribution in [0.4, 0.5) is 5.69 Å². The van der Waals surface area contributed by atoms with E-state index in [-0.39, 0.29) is 0 Å². The van der Waals surface area contributed by atoms with Gasteiger partial charge in [-0.05, 0) is 42.9 Å². The van der Waals surface area contributed by atoms with Crippen LogP contribution in [0.15, 0.2) is 18.2 Å². The summed E-state index contributed by atoms with van der Waals surface area (Å²) in [5, 5.41) is 0. The summed E-state index contributed by atoms with van der Waals surface area (Å²) in [5.41, 5.74) is 4.48. The monoisotopic (exact) mass is 203 g/mol. The lowest BCUT2D eigenvalue weighted by Crippen LogP contribution is -2.29. The highest BCUT2D eigenvalue weighted by Gasteiger charge is 2.16. The minimum atomic E-state index is 0.635. The van der Waals surface area contributed by atoms with Gasteiger partial charge in [-0.1, -0.05) is 26.0 Å². The number of hydrogen-bond acceptors (Lipinski definition) is 1. The van der Waals surface area contributed by atoms with Gasteiger partial charge in [0.1, 0.15) is 0 Å². The average molecular weight is 203 g/mol. The Balaban J connectivity index is 2.39. The third kappa shape index (κ3) is 2.01. The standard InChI is InChI=1S/C14H21N/c1-4-15-9-5-6-12-7-8-13(11(2)3)10-14(12)15/h7-8,10-11H,4-6,9H2,1-3H3. The van der Waals surface area contributed by atoms with Crippen molar-refractivity contribution in [1.29, 1.82) is 0 Å². The van der Waals surface area contributed by atoms with Crippen LogP contribution in [0.25, 0.3) is 0 Å². The summed E-state index contributed by atoms with van der Waals surface area (Å²) in [6, 6.07) is 7.01. The van der Waals surface area contributed by atoms with E-state index in [1.807, 2.05) is 0 Å². The maximum absolute atomic E-state index is 2.50. The zero-order chi connectivity index (χ0) is 10.8. The van der Waals surface area contributed by atoms with Crippen molar-refractivity contribution in [3.05, 3.63) is 29.3 Å². The van der Waals surface area contributed by atoms with Crippen molar-refractivity contribution >= 4 is 5.69 Å². The van der Waals surface area contributed by atoms with Crippen LogP contribution >= 0.6 is 0 Å². The Labute approximate surface area is 93.1 Å². The fourth-order valence-electron chi connectivity index (χ4n) is 2.36. The second-order valence-corrected chi connectivity index (χ2v) is 4.73. The molecule has 0 N–H and O–H groups in total. The molecule has 1 aliphatic rings. The van der Waals surface area contributed by atoms with Crippen LogP contribution in [0.1, 0.15) is 44.2 Å². The Bertz CT molecular complexity index is 341. The number of rotatable bonds is 2. The van der Waals surface area contributed by atoms with Crippen LogP contribution in [-0.2, 0) is 6.42 Å². The molecule has 0 saturated carbocycles. The zero-order valence-corrected chi connectivity index (χ0v) is 10.1. The number of aryl methyl sites for hydroxylation is 1. The predicted octanol–water partition coefficient (Wildman–Crippen LogP) is 3.58. The molecule has 1 heterocycles. The number of hydrogen-bond donors (Lipinski definition) is 0. The molecule has 1 heteroatoms. The van der Waals surface area contributed by atoms with Crippen LogP contribution in [0, 0.1) is 0 Å². The molecule has 0 bridgehead atoms. The third-order valence-electron chi connectivity index (χ3n) is 3.37. The van der Waals surface area contributed by atoms with E-state index in [1.54, 1.807) is 0 Å². The first-order valence-corrected chi connectivity index (χ1v) is 6.10. The lowest BCUT2D eigenvalue weighted by molar-refractivity contribution is 0.705. The molecule has 2 rings (SSSR count). The van der Waals surface area contributed by atoms with E-state index < -0.39 is 0 Å². The minimum Gasteiger partial charge on any atom is -0.372 e. The van der Waals surface area contributed by atoms with Gasteiger partial charge in [-0.2, -0.15) is 0 Å². The topological polar surface area (TPSA) is 3.24 Å². The van der Waals surface area contributed by atoms with Gasteiger partial charge in [0.05, 0.1) is 0 Å². The molecule has 1 aromatic rings. The maximum Gasteiger partial charge on any atom is 0.0401 e. The molecule has 0 radical (unpaired) electrons. The Kier molecular flexibility index (Phi) is 2.99. The molecular formula is C14H21N. The van der Waals surface area contributed by atoms with Gasteiger partial charge in [0.15, 0.2) is 0 Å². The van der Waals surface area contributed by atoms with Crippen molar-refractivity contribution in [3.63, 3.8) is 0 Å². The number of nitrogens with zero attached hydrogens (tertiary/aromatic N) is 1. The fraction of sp³-hybridized carbons (Fsp3) is 0.571. The highest BCUT2D eigenvalue weighted by atomic mass is 15.1. The number of fused-ring (bicyclic) bond motifs is 1. The predicted molar refractivity (Wildman–Crippen MR) is 66.7 cm³/mol. The molecule has 0 saturated heterocycles. The summed E-state index contributed by atoms with van der Waals surface area (Å²) in [4.78, 5) is 2.50. The molecule has 15 heavy (non-hydrogen) atoms. The third-order valence-corrected chi connectivity index (χ3v) is 3.37. The van der Waals surface area contributed by atoms with Crippen LogP contribution in [0.5, 0.6) is 0 Å². The molecule has 0 spiro atoms. The fourth-order valence-corrected chi connectivity index (χ4v) is 2.36. The van der Waals surface area contributed by atoms with Crippen molar-refractivity contribution in [2.24, 2.45) is 0 Å². The molecule has 1 aromatic carbocycles. The molecule has 82 valence electrons. The Hall–Kier alpha value is -0.980. The Morgan fingerprint density at radius 3 is 2.80 bits per heavy atom. The summed E-state index contributed by atoms with van der Waals surface area (Å²) in [6.07, 6.45) is 2.56. The van der Waals surface area contributed by atoms with Gasteiger partial charge in [-0.15, -0.1) is 0 Å². The molecule has 0 aliphatic carbocycles. The summed E-state index contributed by atoms with van der Waals surface area (Å²) >= 11 is 0. The Morgan fingerprint density at radius 1 is 1.33 bits per heavy atom. The van der Waals surface area contributed by atoms with Gasteiger partial charge in [0.2, 0.25) is 0 Å². The average Bonchev–Trinajstić information content (AvgIpc) is 2.27. The number of anilines is 1. The van der Waals surface area contributed by atoms with E-state index in [1.165, 1.54) is 36.2 Å². The molecule has 1 nitrogen and oxygen atoms in total. The van der Waals surface area contributed by atoms with Gasteiger partial charge in [-0.25, -0.2) is 0 Å². The maximum atomic E-state index is 2.50. The second-order valence-electron chi connectivity index (χ2n) is 4.73. The van der Waals surface area contributed by atoms with Crippen LogP contribution in [-0.4, -0.2) is 13.1 Å². The lowest BCUT2D eigenvalue weighted by atomic mass is 9.95. The smallest absolute Gasteiger partial charge is 0.0401 e. The van der Waals surface area contributed by atoms with Gasteiger partial charge in [0.25, 0.3) is 0 Å². The van der Waals surface area contributed by atoms with Crippen molar-refractivity contribution in [2.75, 3.05) is 18.0 Å². The highest BCUT2D eigenvalue weighted by molar-refractivity contribution is 5.57. The van der Waals surface area contributed by atoms with Crippen molar-refractivity contribution < 1.29 is 0 Å². The SMILES string of the molecule is CCN1CCCc2ccc(C(C)C)cc21. The number of benzene rings is 1. The summed E-state index contributed by atoms with van der Waals surface area (Å²) in [6.45, 7) is 9.14. The van der Waals surface area contributed by atoms with Gasteiger partial charge >= 0.3 is 0 Å². The normalized spacial score (nSPS) is 15.6. The quantitative estimate of drug-likeness (QED) is 0.710. The molecule has 0 fully saturated rings.